The van der Waals surface area contributed by atoms with E-state index in [-0.39, 0.29) is 6.54 Å². The molecule has 1 aliphatic heterocycles. The normalized spacial score (nSPS) is 15.2. The molecule has 0 aromatic carbocycles. The van der Waals surface area contributed by atoms with Gasteiger partial charge in [-0.2, -0.15) is 0 Å². The van der Waals surface area contributed by atoms with Crippen LogP contribution in [0.2, 0.25) is 0 Å². The number of hydrogen-bond donors (Lipinski definition) is 0. The first-order valence-corrected chi connectivity index (χ1v) is 4.88. The monoisotopic (exact) mass is 230 g/mol. The molecule has 0 bridgehead atoms. The molecule has 0 radical (unpaired) electrons. The van der Waals surface area contributed by atoms with Crippen LogP contribution in [0.1, 0.15) is 5.56 Å². The van der Waals surface area contributed by atoms with E-state index in [1.165, 1.54) is 4.90 Å². The summed E-state index contributed by atoms with van der Waals surface area (Å²) in [5.74, 6) is 0. The van der Waals surface area contributed by atoms with Crippen LogP contribution < -0.4 is 4.90 Å². The summed E-state index contributed by atoms with van der Waals surface area (Å²) < 4.78 is 24.6. The number of anilines is 1. The molecule has 0 aliphatic carbocycles. The van der Waals surface area contributed by atoms with Gasteiger partial charge >= 0.3 is 0 Å². The largest absolute Gasteiger partial charge is 0.359 e. The highest BCUT2D eigenvalue weighted by atomic mass is 35.5. The molecule has 1 aromatic rings. The van der Waals surface area contributed by atoms with Crippen molar-refractivity contribution in [2.24, 2.45) is 0 Å². The number of pyridine rings is 1. The quantitative estimate of drug-likeness (QED) is 0.777. The number of hydrogen-bond acceptors (Lipinski definition) is 2. The van der Waals surface area contributed by atoms with Gasteiger partial charge in [0, 0.05) is 16.8 Å². The molecule has 2 heterocycles. The average Bonchev–Trinajstić information content (AvgIpc) is 2.16. The predicted molar refractivity (Wildman–Crippen MR) is 56.3 cm³/mol. The van der Waals surface area contributed by atoms with Gasteiger partial charge in [-0.3, -0.25) is 4.98 Å². The average molecular weight is 231 g/mol. The molecule has 5 heteroatoms. The Bertz CT molecular complexity index is 393. The molecular formula is C10H9ClF2N2. The lowest BCUT2D eigenvalue weighted by atomic mass is 10.1. The van der Waals surface area contributed by atoms with Crippen LogP contribution >= 0.6 is 11.6 Å². The Balaban J connectivity index is 2.33. The van der Waals surface area contributed by atoms with Gasteiger partial charge in [0.05, 0.1) is 25.0 Å². The second kappa shape index (κ2) is 4.14. The molecule has 0 saturated heterocycles. The second-order valence-electron chi connectivity index (χ2n) is 3.30. The maximum Gasteiger partial charge on any atom is 0.255 e. The van der Waals surface area contributed by atoms with Crippen molar-refractivity contribution in [3.05, 3.63) is 29.1 Å². The van der Waals surface area contributed by atoms with Crippen molar-refractivity contribution in [2.45, 2.75) is 6.43 Å². The fourth-order valence-electron chi connectivity index (χ4n) is 1.59. The van der Waals surface area contributed by atoms with Crippen molar-refractivity contribution in [3.8, 4) is 0 Å². The fourth-order valence-corrected chi connectivity index (χ4v) is 1.86. The molecule has 0 saturated carbocycles. The lowest BCUT2D eigenvalue weighted by Crippen LogP contribution is -2.32. The van der Waals surface area contributed by atoms with Crippen LogP contribution in [0, 0.1) is 0 Å². The van der Waals surface area contributed by atoms with E-state index in [4.69, 9.17) is 11.6 Å². The van der Waals surface area contributed by atoms with Crippen LogP contribution in [-0.4, -0.2) is 24.5 Å². The summed E-state index contributed by atoms with van der Waals surface area (Å²) in [6.07, 6.45) is 2.60. The molecule has 0 amide bonds. The van der Waals surface area contributed by atoms with Crippen molar-refractivity contribution < 1.29 is 8.78 Å². The molecule has 0 atom stereocenters. The SMILES string of the molecule is FC(F)CN1CC(Cl)=Cc2ccncc21. The molecule has 80 valence electrons. The molecule has 2 nitrogen and oxygen atoms in total. The lowest BCUT2D eigenvalue weighted by Gasteiger charge is -2.28. The van der Waals surface area contributed by atoms with Gasteiger partial charge in [0.25, 0.3) is 6.43 Å². The summed E-state index contributed by atoms with van der Waals surface area (Å²) in [5.41, 5.74) is 1.55. The van der Waals surface area contributed by atoms with Gasteiger partial charge < -0.3 is 4.90 Å². The third kappa shape index (κ3) is 2.26. The first-order chi connectivity index (χ1) is 7.16. The number of rotatable bonds is 2. The molecule has 1 aromatic heterocycles. The van der Waals surface area contributed by atoms with E-state index in [0.717, 1.165) is 5.56 Å². The van der Waals surface area contributed by atoms with E-state index in [1.54, 1.807) is 24.5 Å². The zero-order chi connectivity index (χ0) is 10.8. The second-order valence-corrected chi connectivity index (χ2v) is 3.78. The number of fused-ring (bicyclic) bond motifs is 1. The number of aromatic nitrogens is 1. The van der Waals surface area contributed by atoms with Crippen molar-refractivity contribution in [3.63, 3.8) is 0 Å². The molecule has 2 rings (SSSR count). The number of halogens is 3. The Kier molecular flexibility index (Phi) is 2.86. The molecule has 15 heavy (non-hydrogen) atoms. The standard InChI is InChI=1S/C10H9ClF2N2/c11-8-3-7-1-2-14-4-9(7)15(5-8)6-10(12)13/h1-4,10H,5-6H2. The van der Waals surface area contributed by atoms with Crippen LogP contribution in [-0.2, 0) is 0 Å². The molecular weight excluding hydrogens is 222 g/mol. The third-order valence-electron chi connectivity index (χ3n) is 2.19. The first kappa shape index (κ1) is 10.4. The zero-order valence-corrected chi connectivity index (χ0v) is 8.59. The van der Waals surface area contributed by atoms with Crippen molar-refractivity contribution in [1.29, 1.82) is 0 Å². The van der Waals surface area contributed by atoms with Gasteiger partial charge in [0.15, 0.2) is 0 Å². The van der Waals surface area contributed by atoms with Gasteiger partial charge in [-0.1, -0.05) is 11.6 Å². The van der Waals surface area contributed by atoms with Gasteiger partial charge in [0.2, 0.25) is 0 Å². The Labute approximate surface area is 91.2 Å². The first-order valence-electron chi connectivity index (χ1n) is 4.50. The van der Waals surface area contributed by atoms with E-state index in [9.17, 15) is 8.78 Å². The highest BCUT2D eigenvalue weighted by Gasteiger charge is 2.19. The minimum Gasteiger partial charge on any atom is -0.359 e. The highest BCUT2D eigenvalue weighted by Crippen LogP contribution is 2.29. The Hall–Kier alpha value is -1.16. The van der Waals surface area contributed by atoms with E-state index in [1.807, 2.05) is 0 Å². The van der Waals surface area contributed by atoms with Crippen LogP contribution in [0.25, 0.3) is 6.08 Å². The topological polar surface area (TPSA) is 16.1 Å². The summed E-state index contributed by atoms with van der Waals surface area (Å²) in [4.78, 5) is 5.46. The van der Waals surface area contributed by atoms with E-state index in [0.29, 0.717) is 17.3 Å². The van der Waals surface area contributed by atoms with Crippen LogP contribution in [0.15, 0.2) is 23.5 Å². The maximum atomic E-state index is 12.3. The van der Waals surface area contributed by atoms with E-state index in [2.05, 4.69) is 4.98 Å². The minimum atomic E-state index is -2.37. The van der Waals surface area contributed by atoms with Crippen LogP contribution in [0.4, 0.5) is 14.5 Å². The van der Waals surface area contributed by atoms with E-state index >= 15 is 0 Å². The molecule has 0 spiro atoms. The summed E-state index contributed by atoms with van der Waals surface area (Å²) in [6, 6.07) is 1.76. The maximum absolute atomic E-state index is 12.3. The Morgan fingerprint density at radius 1 is 1.53 bits per heavy atom. The lowest BCUT2D eigenvalue weighted by molar-refractivity contribution is 0.155. The number of nitrogens with zero attached hydrogens (tertiary/aromatic N) is 2. The van der Waals surface area contributed by atoms with Gasteiger partial charge in [0.1, 0.15) is 0 Å². The van der Waals surface area contributed by atoms with Crippen molar-refractivity contribution in [1.82, 2.24) is 4.98 Å². The van der Waals surface area contributed by atoms with Gasteiger partial charge in [-0.05, 0) is 12.1 Å². The fraction of sp³-hybridized carbons (Fsp3) is 0.300. The van der Waals surface area contributed by atoms with Crippen molar-refractivity contribution >= 4 is 23.4 Å². The van der Waals surface area contributed by atoms with Crippen LogP contribution in [0.5, 0.6) is 0 Å². The van der Waals surface area contributed by atoms with Gasteiger partial charge in [-0.15, -0.1) is 0 Å². The van der Waals surface area contributed by atoms with E-state index < -0.39 is 6.43 Å². The summed E-state index contributed by atoms with van der Waals surface area (Å²) >= 11 is 5.88. The van der Waals surface area contributed by atoms with Crippen molar-refractivity contribution in [2.75, 3.05) is 18.0 Å². The summed E-state index contributed by atoms with van der Waals surface area (Å²) in [7, 11) is 0. The Morgan fingerprint density at radius 2 is 2.33 bits per heavy atom. The molecule has 0 fully saturated rings. The molecule has 0 unspecified atom stereocenters. The highest BCUT2D eigenvalue weighted by molar-refractivity contribution is 6.32. The van der Waals surface area contributed by atoms with Crippen LogP contribution in [0.3, 0.4) is 0 Å². The molecule has 0 N–H and O–H groups in total. The predicted octanol–water partition coefficient (Wildman–Crippen LogP) is 2.75. The van der Waals surface area contributed by atoms with Gasteiger partial charge in [-0.25, -0.2) is 8.78 Å². The molecule has 1 aliphatic rings. The Morgan fingerprint density at radius 3 is 3.07 bits per heavy atom. The summed E-state index contributed by atoms with van der Waals surface area (Å²) in [6.45, 7) is 0.00728. The zero-order valence-electron chi connectivity index (χ0n) is 7.83. The minimum absolute atomic E-state index is 0.317. The number of alkyl halides is 2. The third-order valence-corrected chi connectivity index (χ3v) is 2.41. The smallest absolute Gasteiger partial charge is 0.255 e. The summed E-state index contributed by atoms with van der Waals surface area (Å²) in [5, 5.41) is 0.564.